The highest BCUT2D eigenvalue weighted by Gasteiger charge is 2.10. The van der Waals surface area contributed by atoms with Crippen LogP contribution in [0.25, 0.3) is 10.8 Å². The molecule has 3 nitrogen and oxygen atoms in total. The minimum absolute atomic E-state index is 0.389. The molecule has 0 atom stereocenters. The lowest BCUT2D eigenvalue weighted by Gasteiger charge is -2.07. The summed E-state index contributed by atoms with van der Waals surface area (Å²) < 4.78 is 5.69. The number of hydrogen-bond donors (Lipinski definition) is 1. The van der Waals surface area contributed by atoms with E-state index in [0.29, 0.717) is 10.1 Å². The van der Waals surface area contributed by atoms with Crippen LogP contribution in [-0.4, -0.2) is 16.7 Å². The van der Waals surface area contributed by atoms with Crippen LogP contribution in [-0.2, 0) is 0 Å². The molecule has 0 unspecified atom stereocenters. The Bertz CT molecular complexity index is 593. The SMILES string of the molecule is CNC(=S)SC(=O)Oc1cccc2ccccc12. The molecule has 0 aliphatic rings. The third-order valence-corrected chi connectivity index (χ3v) is 3.42. The minimum atomic E-state index is -0.439. The minimum Gasteiger partial charge on any atom is -0.417 e. The van der Waals surface area contributed by atoms with Crippen LogP contribution in [0.15, 0.2) is 42.5 Å². The zero-order valence-electron chi connectivity index (χ0n) is 9.67. The van der Waals surface area contributed by atoms with E-state index in [2.05, 4.69) is 5.32 Å². The lowest BCUT2D eigenvalue weighted by atomic mass is 10.1. The van der Waals surface area contributed by atoms with Gasteiger partial charge in [-0.3, -0.25) is 0 Å². The number of thioether (sulfide) groups is 1. The van der Waals surface area contributed by atoms with Gasteiger partial charge in [0, 0.05) is 24.2 Å². The average molecular weight is 277 g/mol. The fourth-order valence-electron chi connectivity index (χ4n) is 1.52. The second-order valence-corrected chi connectivity index (χ2v) is 5.08. The maximum Gasteiger partial charge on any atom is 0.379 e. The van der Waals surface area contributed by atoms with Gasteiger partial charge in [0.15, 0.2) is 0 Å². The molecule has 5 heteroatoms. The van der Waals surface area contributed by atoms with Crippen LogP contribution in [0.4, 0.5) is 4.79 Å². The first kappa shape index (κ1) is 12.9. The van der Waals surface area contributed by atoms with E-state index in [-0.39, 0.29) is 0 Å². The van der Waals surface area contributed by atoms with Crippen molar-refractivity contribution in [1.29, 1.82) is 0 Å². The van der Waals surface area contributed by atoms with Gasteiger partial charge >= 0.3 is 5.30 Å². The van der Waals surface area contributed by atoms with Gasteiger partial charge in [-0.15, -0.1) is 0 Å². The van der Waals surface area contributed by atoms with E-state index >= 15 is 0 Å². The molecule has 2 rings (SSSR count). The smallest absolute Gasteiger partial charge is 0.379 e. The van der Waals surface area contributed by atoms with Gasteiger partial charge in [-0.2, -0.15) is 0 Å². The molecular weight excluding hydrogens is 266 g/mol. The second-order valence-electron chi connectivity index (χ2n) is 3.47. The standard InChI is InChI=1S/C13H11NO2S2/c1-14-12(17)18-13(15)16-11-8-4-6-9-5-2-3-7-10(9)11/h2-8H,1H3,(H,14,17). The van der Waals surface area contributed by atoms with Crippen LogP contribution in [0.3, 0.4) is 0 Å². The van der Waals surface area contributed by atoms with E-state index in [0.717, 1.165) is 22.5 Å². The van der Waals surface area contributed by atoms with E-state index < -0.39 is 5.30 Å². The number of benzene rings is 2. The van der Waals surface area contributed by atoms with Crippen molar-refractivity contribution in [2.75, 3.05) is 7.05 Å². The number of fused-ring (bicyclic) bond motifs is 1. The number of ether oxygens (including phenoxy) is 1. The van der Waals surface area contributed by atoms with E-state index in [9.17, 15) is 4.79 Å². The molecule has 0 amide bonds. The lowest BCUT2D eigenvalue weighted by Crippen LogP contribution is -2.15. The van der Waals surface area contributed by atoms with Crippen molar-refractivity contribution in [1.82, 2.24) is 5.32 Å². The Kier molecular flexibility index (Phi) is 4.17. The molecule has 0 aliphatic carbocycles. The molecular formula is C13H11NO2S2. The van der Waals surface area contributed by atoms with Crippen LogP contribution >= 0.6 is 24.0 Å². The van der Waals surface area contributed by atoms with Gasteiger partial charge < -0.3 is 10.1 Å². The highest BCUT2D eigenvalue weighted by Crippen LogP contribution is 2.26. The predicted molar refractivity (Wildman–Crippen MR) is 79.2 cm³/mol. The molecule has 0 heterocycles. The summed E-state index contributed by atoms with van der Waals surface area (Å²) in [6.07, 6.45) is 0. The van der Waals surface area contributed by atoms with Gasteiger partial charge in [0.25, 0.3) is 0 Å². The molecule has 2 aromatic carbocycles. The molecule has 2 aromatic rings. The van der Waals surface area contributed by atoms with Crippen LogP contribution in [0, 0.1) is 0 Å². The Morgan fingerprint density at radius 3 is 2.72 bits per heavy atom. The highest BCUT2D eigenvalue weighted by atomic mass is 32.2. The summed E-state index contributed by atoms with van der Waals surface area (Å²) in [5, 5.41) is 4.21. The van der Waals surface area contributed by atoms with Gasteiger partial charge in [0.2, 0.25) is 0 Å². The first-order chi connectivity index (χ1) is 8.70. The molecule has 0 saturated carbocycles. The molecule has 92 valence electrons. The Balaban J connectivity index is 2.21. The molecule has 0 fully saturated rings. The molecule has 0 aromatic heterocycles. The summed E-state index contributed by atoms with van der Waals surface area (Å²) in [5.41, 5.74) is 0. The lowest BCUT2D eigenvalue weighted by molar-refractivity contribution is 0.228. The largest absolute Gasteiger partial charge is 0.417 e. The van der Waals surface area contributed by atoms with Crippen molar-refractivity contribution in [3.05, 3.63) is 42.5 Å². The zero-order chi connectivity index (χ0) is 13.0. The number of carbonyl (C=O) groups is 1. The molecule has 0 spiro atoms. The van der Waals surface area contributed by atoms with E-state index in [1.54, 1.807) is 13.1 Å². The summed E-state index contributed by atoms with van der Waals surface area (Å²) >= 11 is 5.76. The third kappa shape index (κ3) is 3.00. The van der Waals surface area contributed by atoms with E-state index in [1.165, 1.54) is 0 Å². The predicted octanol–water partition coefficient (Wildman–Crippen LogP) is 3.58. The molecule has 0 bridgehead atoms. The summed E-state index contributed by atoms with van der Waals surface area (Å²) in [6.45, 7) is 0. The van der Waals surface area contributed by atoms with Crippen molar-refractivity contribution >= 4 is 44.4 Å². The molecule has 0 radical (unpaired) electrons. The normalized spacial score (nSPS) is 10.1. The molecule has 18 heavy (non-hydrogen) atoms. The van der Waals surface area contributed by atoms with Crippen LogP contribution < -0.4 is 10.1 Å². The monoisotopic (exact) mass is 277 g/mol. The number of rotatable bonds is 1. The summed E-state index contributed by atoms with van der Waals surface area (Å²) in [7, 11) is 1.67. The number of hydrogen-bond acceptors (Lipinski definition) is 4. The summed E-state index contributed by atoms with van der Waals surface area (Å²) in [6, 6.07) is 13.3. The topological polar surface area (TPSA) is 38.3 Å². The first-order valence-electron chi connectivity index (χ1n) is 5.30. The Labute approximate surface area is 115 Å². The fourth-order valence-corrected chi connectivity index (χ4v) is 2.11. The molecule has 1 N–H and O–H groups in total. The van der Waals surface area contributed by atoms with E-state index in [1.807, 2.05) is 36.4 Å². The van der Waals surface area contributed by atoms with Crippen molar-refractivity contribution in [3.8, 4) is 5.75 Å². The summed E-state index contributed by atoms with van der Waals surface area (Å²) in [4.78, 5) is 11.6. The maximum absolute atomic E-state index is 11.6. The van der Waals surface area contributed by atoms with Gasteiger partial charge in [0.1, 0.15) is 10.1 Å². The zero-order valence-corrected chi connectivity index (χ0v) is 11.3. The highest BCUT2D eigenvalue weighted by molar-refractivity contribution is 8.32. The fraction of sp³-hybridized carbons (Fsp3) is 0.0769. The van der Waals surface area contributed by atoms with Crippen LogP contribution in [0.5, 0.6) is 5.75 Å². The number of carbonyl (C=O) groups excluding carboxylic acids is 1. The van der Waals surface area contributed by atoms with E-state index in [4.69, 9.17) is 17.0 Å². The Morgan fingerprint density at radius 1 is 1.22 bits per heavy atom. The second kappa shape index (κ2) is 5.84. The Hall–Kier alpha value is -1.59. The van der Waals surface area contributed by atoms with Crippen LogP contribution in [0.2, 0.25) is 0 Å². The van der Waals surface area contributed by atoms with Crippen LogP contribution in [0.1, 0.15) is 0 Å². The van der Waals surface area contributed by atoms with Crippen molar-refractivity contribution in [2.45, 2.75) is 0 Å². The van der Waals surface area contributed by atoms with Gasteiger partial charge in [-0.05, 0) is 11.5 Å². The number of thiocarbonyl (C=S) groups is 1. The Morgan fingerprint density at radius 2 is 1.94 bits per heavy atom. The first-order valence-corrected chi connectivity index (χ1v) is 6.52. The van der Waals surface area contributed by atoms with Gasteiger partial charge in [-0.25, -0.2) is 4.79 Å². The quantitative estimate of drug-likeness (QED) is 0.637. The third-order valence-electron chi connectivity index (χ3n) is 2.32. The molecule has 0 saturated heterocycles. The van der Waals surface area contributed by atoms with Crippen molar-refractivity contribution in [2.24, 2.45) is 0 Å². The molecule has 0 aliphatic heterocycles. The van der Waals surface area contributed by atoms with Crippen molar-refractivity contribution < 1.29 is 9.53 Å². The number of nitrogens with one attached hydrogen (secondary N) is 1. The van der Waals surface area contributed by atoms with Gasteiger partial charge in [0.05, 0.1) is 0 Å². The summed E-state index contributed by atoms with van der Waals surface area (Å²) in [5.74, 6) is 0.546. The average Bonchev–Trinajstić information content (AvgIpc) is 2.39. The van der Waals surface area contributed by atoms with Crippen molar-refractivity contribution in [3.63, 3.8) is 0 Å². The van der Waals surface area contributed by atoms with Gasteiger partial charge in [-0.1, -0.05) is 48.6 Å². The maximum atomic E-state index is 11.6.